The number of likely N-dealkylation sites (tertiary alicyclic amines) is 1. The van der Waals surface area contributed by atoms with E-state index in [1.54, 1.807) is 12.1 Å². The average molecular weight is 280 g/mol. The lowest BCUT2D eigenvalue weighted by molar-refractivity contribution is 0.00115. The maximum Gasteiger partial charge on any atom is 0.123 e. The van der Waals surface area contributed by atoms with Crippen molar-refractivity contribution in [3.8, 4) is 0 Å². The van der Waals surface area contributed by atoms with E-state index in [9.17, 15) is 4.39 Å². The van der Waals surface area contributed by atoms with Crippen LogP contribution >= 0.6 is 0 Å². The van der Waals surface area contributed by atoms with Crippen molar-refractivity contribution in [1.29, 1.82) is 0 Å². The Hall–Kier alpha value is -0.970. The number of rotatable bonds is 5. The number of nitrogens with zero attached hydrogens (tertiary/aromatic N) is 1. The number of nitrogens with two attached hydrogens (primary N) is 1. The zero-order valence-electron chi connectivity index (χ0n) is 12.4. The molecule has 4 heteroatoms. The highest BCUT2D eigenvalue weighted by Gasteiger charge is 2.28. The summed E-state index contributed by atoms with van der Waals surface area (Å²) in [5, 5.41) is 0. The number of piperidine rings is 1. The van der Waals surface area contributed by atoms with Gasteiger partial charge >= 0.3 is 0 Å². The van der Waals surface area contributed by atoms with E-state index in [2.05, 4.69) is 4.90 Å². The monoisotopic (exact) mass is 280 g/mol. The first-order valence-electron chi connectivity index (χ1n) is 7.48. The van der Waals surface area contributed by atoms with E-state index in [1.165, 1.54) is 6.07 Å². The van der Waals surface area contributed by atoms with Crippen molar-refractivity contribution in [2.45, 2.75) is 44.9 Å². The van der Waals surface area contributed by atoms with Gasteiger partial charge in [0.1, 0.15) is 5.82 Å². The predicted molar refractivity (Wildman–Crippen MR) is 79.0 cm³/mol. The largest absolute Gasteiger partial charge is 0.378 e. The Morgan fingerprint density at radius 1 is 1.40 bits per heavy atom. The molecule has 0 aromatic heterocycles. The molecular weight excluding hydrogens is 255 g/mol. The van der Waals surface area contributed by atoms with E-state index in [0.717, 1.165) is 38.1 Å². The van der Waals surface area contributed by atoms with Gasteiger partial charge in [-0.05, 0) is 44.4 Å². The molecule has 1 aliphatic heterocycles. The second-order valence-corrected chi connectivity index (χ2v) is 5.55. The van der Waals surface area contributed by atoms with Crippen LogP contribution in [0.2, 0.25) is 0 Å². The number of halogens is 1. The van der Waals surface area contributed by atoms with Gasteiger partial charge in [0.25, 0.3) is 0 Å². The summed E-state index contributed by atoms with van der Waals surface area (Å²) in [6, 6.07) is 6.85. The maximum absolute atomic E-state index is 13.4. The van der Waals surface area contributed by atoms with E-state index >= 15 is 0 Å². The minimum absolute atomic E-state index is 0.0274. The van der Waals surface area contributed by atoms with E-state index in [-0.39, 0.29) is 17.9 Å². The first-order valence-corrected chi connectivity index (χ1v) is 7.48. The van der Waals surface area contributed by atoms with Gasteiger partial charge in [-0.1, -0.05) is 12.1 Å². The van der Waals surface area contributed by atoms with Crippen LogP contribution in [0.4, 0.5) is 4.39 Å². The number of hydrogen-bond acceptors (Lipinski definition) is 3. The highest BCUT2D eigenvalue weighted by molar-refractivity contribution is 5.22. The highest BCUT2D eigenvalue weighted by atomic mass is 19.1. The molecule has 0 bridgehead atoms. The van der Waals surface area contributed by atoms with Gasteiger partial charge < -0.3 is 10.5 Å². The molecule has 0 amide bonds. The predicted octanol–water partition coefficient (Wildman–Crippen LogP) is 2.71. The van der Waals surface area contributed by atoms with Gasteiger partial charge in [0.15, 0.2) is 0 Å². The van der Waals surface area contributed by atoms with Crippen LogP contribution in [0.5, 0.6) is 0 Å². The molecule has 2 unspecified atom stereocenters. The smallest absolute Gasteiger partial charge is 0.123 e. The van der Waals surface area contributed by atoms with Gasteiger partial charge in [-0.3, -0.25) is 4.90 Å². The Morgan fingerprint density at radius 2 is 2.10 bits per heavy atom. The van der Waals surface area contributed by atoms with Crippen molar-refractivity contribution >= 4 is 0 Å². The molecule has 1 fully saturated rings. The van der Waals surface area contributed by atoms with Gasteiger partial charge in [0, 0.05) is 31.8 Å². The molecule has 0 spiro atoms. The van der Waals surface area contributed by atoms with Crippen molar-refractivity contribution in [3.05, 3.63) is 35.6 Å². The van der Waals surface area contributed by atoms with Gasteiger partial charge in [0.05, 0.1) is 6.10 Å². The van der Waals surface area contributed by atoms with Crippen LogP contribution in [0.1, 0.15) is 38.3 Å². The minimum atomic E-state index is -0.197. The molecule has 112 valence electrons. The molecule has 1 saturated heterocycles. The lowest BCUT2D eigenvalue weighted by Gasteiger charge is -2.39. The van der Waals surface area contributed by atoms with Gasteiger partial charge in [-0.25, -0.2) is 4.39 Å². The topological polar surface area (TPSA) is 38.5 Å². The van der Waals surface area contributed by atoms with Crippen LogP contribution in [-0.2, 0) is 4.74 Å². The third-order valence-electron chi connectivity index (χ3n) is 3.96. The summed E-state index contributed by atoms with van der Waals surface area (Å²) in [4.78, 5) is 2.36. The Labute approximate surface area is 120 Å². The van der Waals surface area contributed by atoms with Gasteiger partial charge in [0.2, 0.25) is 0 Å². The Balaban J connectivity index is 2.07. The third-order valence-corrected chi connectivity index (χ3v) is 3.96. The summed E-state index contributed by atoms with van der Waals surface area (Å²) in [6.45, 7) is 6.69. The first kappa shape index (κ1) is 15.4. The van der Waals surface area contributed by atoms with Crippen LogP contribution in [0, 0.1) is 5.82 Å². The summed E-state index contributed by atoms with van der Waals surface area (Å²) in [5.74, 6) is -0.197. The van der Waals surface area contributed by atoms with Crippen LogP contribution < -0.4 is 5.73 Å². The fourth-order valence-electron chi connectivity index (χ4n) is 3.09. The molecule has 2 rings (SSSR count). The maximum atomic E-state index is 13.4. The number of hydrogen-bond donors (Lipinski definition) is 1. The molecule has 2 N–H and O–H groups in total. The molecule has 1 aromatic rings. The highest BCUT2D eigenvalue weighted by Crippen LogP contribution is 2.28. The fourth-order valence-corrected chi connectivity index (χ4v) is 3.09. The lowest BCUT2D eigenvalue weighted by atomic mass is 9.96. The molecule has 2 atom stereocenters. The van der Waals surface area contributed by atoms with E-state index in [0.29, 0.717) is 6.10 Å². The lowest BCUT2D eigenvalue weighted by Crippen LogP contribution is -2.45. The zero-order chi connectivity index (χ0) is 14.5. The van der Waals surface area contributed by atoms with Gasteiger partial charge in [-0.2, -0.15) is 0 Å². The molecular formula is C16H25FN2O. The standard InChI is InChI=1S/C16H25FN2O/c1-3-20-15-7-9-19(10-8-15)16(12(2)18)13-5-4-6-14(17)11-13/h4-6,11-12,15-16H,3,7-10,18H2,1-2H3. The van der Waals surface area contributed by atoms with Crippen molar-refractivity contribution in [1.82, 2.24) is 4.90 Å². The molecule has 1 heterocycles. The van der Waals surface area contributed by atoms with Crippen molar-refractivity contribution < 1.29 is 9.13 Å². The quantitative estimate of drug-likeness (QED) is 0.901. The summed E-state index contributed by atoms with van der Waals surface area (Å²) in [7, 11) is 0. The van der Waals surface area contributed by atoms with E-state index in [1.807, 2.05) is 19.9 Å². The summed E-state index contributed by atoms with van der Waals surface area (Å²) >= 11 is 0. The van der Waals surface area contributed by atoms with Crippen LogP contribution in [0.25, 0.3) is 0 Å². The van der Waals surface area contributed by atoms with Gasteiger partial charge in [-0.15, -0.1) is 0 Å². The normalized spacial score (nSPS) is 20.8. The Bertz CT molecular complexity index is 417. The van der Waals surface area contributed by atoms with Crippen molar-refractivity contribution in [2.75, 3.05) is 19.7 Å². The molecule has 0 radical (unpaired) electrons. The molecule has 20 heavy (non-hydrogen) atoms. The second kappa shape index (κ2) is 7.16. The minimum Gasteiger partial charge on any atom is -0.378 e. The average Bonchev–Trinajstić information content (AvgIpc) is 2.41. The summed E-state index contributed by atoms with van der Waals surface area (Å²) < 4.78 is 19.1. The van der Waals surface area contributed by atoms with Crippen LogP contribution in [-0.4, -0.2) is 36.7 Å². The van der Waals surface area contributed by atoms with E-state index in [4.69, 9.17) is 10.5 Å². The van der Waals surface area contributed by atoms with Crippen LogP contribution in [0.15, 0.2) is 24.3 Å². The SMILES string of the molecule is CCOC1CCN(C(c2cccc(F)c2)C(C)N)CC1. The second-order valence-electron chi connectivity index (χ2n) is 5.55. The zero-order valence-corrected chi connectivity index (χ0v) is 12.4. The molecule has 1 aromatic carbocycles. The van der Waals surface area contributed by atoms with Crippen molar-refractivity contribution in [3.63, 3.8) is 0 Å². The molecule has 0 aliphatic carbocycles. The Morgan fingerprint density at radius 3 is 2.65 bits per heavy atom. The molecule has 1 aliphatic rings. The van der Waals surface area contributed by atoms with E-state index < -0.39 is 0 Å². The van der Waals surface area contributed by atoms with Crippen molar-refractivity contribution in [2.24, 2.45) is 5.73 Å². The molecule has 0 saturated carbocycles. The summed E-state index contributed by atoms with van der Waals surface area (Å²) in [6.07, 6.45) is 2.40. The first-order chi connectivity index (χ1) is 9.61. The third kappa shape index (κ3) is 3.78. The number of benzene rings is 1. The Kier molecular flexibility index (Phi) is 5.52. The molecule has 3 nitrogen and oxygen atoms in total. The fraction of sp³-hybridized carbons (Fsp3) is 0.625. The summed E-state index contributed by atoms with van der Waals surface area (Å²) in [5.41, 5.74) is 7.12. The number of ether oxygens (including phenoxy) is 1. The van der Waals surface area contributed by atoms with Crippen LogP contribution in [0.3, 0.4) is 0 Å².